The highest BCUT2D eigenvalue weighted by molar-refractivity contribution is 5.69. The van der Waals surface area contributed by atoms with Crippen LogP contribution in [-0.4, -0.2) is 36.2 Å². The molecule has 0 bridgehead atoms. The number of hydrogen-bond donors (Lipinski definition) is 1. The summed E-state index contributed by atoms with van der Waals surface area (Å²) in [4.78, 5) is 0. The average molecular weight is 354 g/mol. The van der Waals surface area contributed by atoms with Gasteiger partial charge in [-0.05, 0) is 23.8 Å². The maximum Gasteiger partial charge on any atom is 0.203 e. The standard InChI is InChI=1S/C20H22N2O4/c1-24-18-9-15(10-19(25-2)20(18)26-3)17-11-16(13-23)21-22(17)12-14-7-5-4-6-8-14/h4-11,23H,12-13H2,1-3H3. The minimum atomic E-state index is -0.126. The fraction of sp³-hybridized carbons (Fsp3) is 0.250. The minimum Gasteiger partial charge on any atom is -0.493 e. The van der Waals surface area contributed by atoms with Crippen molar-refractivity contribution in [2.75, 3.05) is 21.3 Å². The third-order valence-corrected chi connectivity index (χ3v) is 4.13. The molecule has 0 aliphatic rings. The quantitative estimate of drug-likeness (QED) is 0.706. The Morgan fingerprint density at radius 3 is 2.12 bits per heavy atom. The zero-order valence-corrected chi connectivity index (χ0v) is 15.1. The largest absolute Gasteiger partial charge is 0.493 e. The van der Waals surface area contributed by atoms with Crippen LogP contribution < -0.4 is 14.2 Å². The van der Waals surface area contributed by atoms with Crippen LogP contribution in [0.2, 0.25) is 0 Å². The van der Waals surface area contributed by atoms with Crippen LogP contribution in [0.3, 0.4) is 0 Å². The third-order valence-electron chi connectivity index (χ3n) is 4.13. The first-order valence-corrected chi connectivity index (χ1v) is 8.22. The first-order chi connectivity index (χ1) is 12.7. The second-order valence-electron chi connectivity index (χ2n) is 5.74. The van der Waals surface area contributed by atoms with Gasteiger partial charge < -0.3 is 19.3 Å². The van der Waals surface area contributed by atoms with Gasteiger partial charge in [-0.3, -0.25) is 4.68 Å². The molecule has 136 valence electrons. The van der Waals surface area contributed by atoms with Crippen LogP contribution >= 0.6 is 0 Å². The van der Waals surface area contributed by atoms with Gasteiger partial charge in [-0.2, -0.15) is 5.10 Å². The van der Waals surface area contributed by atoms with Gasteiger partial charge in [0.2, 0.25) is 5.75 Å². The van der Waals surface area contributed by atoms with Gasteiger partial charge in [-0.25, -0.2) is 0 Å². The van der Waals surface area contributed by atoms with Crippen LogP contribution in [0.25, 0.3) is 11.3 Å². The number of rotatable bonds is 7. The Labute approximate surface area is 152 Å². The minimum absolute atomic E-state index is 0.126. The van der Waals surface area contributed by atoms with Crippen molar-refractivity contribution in [3.63, 3.8) is 0 Å². The molecule has 1 heterocycles. The second-order valence-corrected chi connectivity index (χ2v) is 5.74. The molecule has 0 unspecified atom stereocenters. The molecular formula is C20H22N2O4. The van der Waals surface area contributed by atoms with Crippen molar-refractivity contribution < 1.29 is 19.3 Å². The average Bonchev–Trinajstić information content (AvgIpc) is 3.10. The number of benzene rings is 2. The van der Waals surface area contributed by atoms with Crippen molar-refractivity contribution in [3.8, 4) is 28.5 Å². The van der Waals surface area contributed by atoms with Crippen LogP contribution in [0.5, 0.6) is 17.2 Å². The molecule has 0 aliphatic heterocycles. The molecule has 3 rings (SSSR count). The Morgan fingerprint density at radius 2 is 1.58 bits per heavy atom. The maximum absolute atomic E-state index is 9.53. The van der Waals surface area contributed by atoms with Gasteiger partial charge >= 0.3 is 0 Å². The van der Waals surface area contributed by atoms with E-state index >= 15 is 0 Å². The Hall–Kier alpha value is -2.99. The van der Waals surface area contributed by atoms with Gasteiger partial charge in [-0.1, -0.05) is 30.3 Å². The molecule has 6 heteroatoms. The third kappa shape index (κ3) is 3.50. The highest BCUT2D eigenvalue weighted by Crippen LogP contribution is 2.41. The normalized spacial score (nSPS) is 10.6. The van der Waals surface area contributed by atoms with E-state index < -0.39 is 0 Å². The molecule has 2 aromatic carbocycles. The van der Waals surface area contributed by atoms with Crippen molar-refractivity contribution in [2.45, 2.75) is 13.2 Å². The molecule has 3 aromatic rings. The summed E-state index contributed by atoms with van der Waals surface area (Å²) in [6.45, 7) is 0.464. The van der Waals surface area contributed by atoms with Crippen molar-refractivity contribution >= 4 is 0 Å². The predicted molar refractivity (Wildman–Crippen MR) is 98.8 cm³/mol. The van der Waals surface area contributed by atoms with Gasteiger partial charge in [0.15, 0.2) is 11.5 Å². The molecule has 0 aliphatic carbocycles. The molecule has 0 radical (unpaired) electrons. The van der Waals surface area contributed by atoms with Crippen LogP contribution in [-0.2, 0) is 13.2 Å². The molecule has 0 amide bonds. The Bertz CT molecular complexity index is 850. The summed E-state index contributed by atoms with van der Waals surface area (Å²) in [6, 6.07) is 15.7. The summed E-state index contributed by atoms with van der Waals surface area (Å²) in [5, 5.41) is 14.0. The summed E-state index contributed by atoms with van der Waals surface area (Å²) in [5.41, 5.74) is 3.44. The molecule has 26 heavy (non-hydrogen) atoms. The number of methoxy groups -OCH3 is 3. The van der Waals surface area contributed by atoms with E-state index in [4.69, 9.17) is 14.2 Å². The molecule has 0 saturated carbocycles. The first-order valence-electron chi connectivity index (χ1n) is 8.22. The highest BCUT2D eigenvalue weighted by Gasteiger charge is 2.17. The van der Waals surface area contributed by atoms with E-state index in [1.165, 1.54) is 0 Å². The van der Waals surface area contributed by atoms with Gasteiger partial charge in [0.25, 0.3) is 0 Å². The van der Waals surface area contributed by atoms with Crippen molar-refractivity contribution in [1.29, 1.82) is 0 Å². The maximum atomic E-state index is 9.53. The van der Waals surface area contributed by atoms with Crippen LogP contribution in [0.4, 0.5) is 0 Å². The monoisotopic (exact) mass is 354 g/mol. The summed E-state index contributed by atoms with van der Waals surface area (Å²) < 4.78 is 18.1. The molecule has 6 nitrogen and oxygen atoms in total. The van der Waals surface area contributed by atoms with Gasteiger partial charge in [0, 0.05) is 5.56 Å². The Kier molecular flexibility index (Phi) is 5.43. The first kappa shape index (κ1) is 17.8. The van der Waals surface area contributed by atoms with Gasteiger partial charge in [0.05, 0.1) is 45.9 Å². The number of aliphatic hydroxyl groups is 1. The lowest BCUT2D eigenvalue weighted by molar-refractivity contribution is 0.275. The van der Waals surface area contributed by atoms with Crippen molar-refractivity contribution in [1.82, 2.24) is 9.78 Å². The van der Waals surface area contributed by atoms with Crippen molar-refractivity contribution in [3.05, 3.63) is 59.8 Å². The molecule has 0 saturated heterocycles. The Balaban J connectivity index is 2.10. The number of aliphatic hydroxyl groups excluding tert-OH is 1. The van der Waals surface area contributed by atoms with E-state index in [1.807, 2.05) is 53.2 Å². The summed E-state index contributed by atoms with van der Waals surface area (Å²) in [5.74, 6) is 1.68. The lowest BCUT2D eigenvalue weighted by atomic mass is 10.1. The fourth-order valence-corrected chi connectivity index (χ4v) is 2.89. The molecule has 1 aromatic heterocycles. The smallest absolute Gasteiger partial charge is 0.203 e. The SMILES string of the molecule is COc1cc(-c2cc(CO)nn2Cc2ccccc2)cc(OC)c1OC. The van der Waals surface area contributed by atoms with Crippen LogP contribution in [0.1, 0.15) is 11.3 Å². The predicted octanol–water partition coefficient (Wildman–Crippen LogP) is 3.12. The van der Waals surface area contributed by atoms with E-state index in [0.29, 0.717) is 29.5 Å². The Morgan fingerprint density at radius 1 is 0.923 bits per heavy atom. The molecule has 0 atom stereocenters. The van der Waals surface area contributed by atoms with Crippen molar-refractivity contribution in [2.24, 2.45) is 0 Å². The number of aromatic nitrogens is 2. The van der Waals surface area contributed by atoms with Crippen LogP contribution in [0, 0.1) is 0 Å². The lowest BCUT2D eigenvalue weighted by Gasteiger charge is -2.15. The summed E-state index contributed by atoms with van der Waals surface area (Å²) in [7, 11) is 4.74. The summed E-state index contributed by atoms with van der Waals surface area (Å²) in [6.07, 6.45) is 0. The van der Waals surface area contributed by atoms with E-state index in [9.17, 15) is 5.11 Å². The molecule has 0 spiro atoms. The van der Waals surface area contributed by atoms with E-state index in [0.717, 1.165) is 16.8 Å². The van der Waals surface area contributed by atoms with E-state index in [1.54, 1.807) is 21.3 Å². The van der Waals surface area contributed by atoms with E-state index in [-0.39, 0.29) is 6.61 Å². The van der Waals surface area contributed by atoms with Crippen LogP contribution in [0.15, 0.2) is 48.5 Å². The fourth-order valence-electron chi connectivity index (χ4n) is 2.89. The van der Waals surface area contributed by atoms with Gasteiger partial charge in [-0.15, -0.1) is 0 Å². The highest BCUT2D eigenvalue weighted by atomic mass is 16.5. The number of ether oxygens (including phenoxy) is 3. The lowest BCUT2D eigenvalue weighted by Crippen LogP contribution is -2.05. The van der Waals surface area contributed by atoms with E-state index in [2.05, 4.69) is 5.10 Å². The topological polar surface area (TPSA) is 65.7 Å². The van der Waals surface area contributed by atoms with Gasteiger partial charge in [0.1, 0.15) is 0 Å². The number of nitrogens with zero attached hydrogens (tertiary/aromatic N) is 2. The molecule has 0 fully saturated rings. The molecule has 1 N–H and O–H groups in total. The second kappa shape index (κ2) is 7.93. The molecular weight excluding hydrogens is 332 g/mol. The zero-order chi connectivity index (χ0) is 18.5. The summed E-state index contributed by atoms with van der Waals surface area (Å²) >= 11 is 0. The number of hydrogen-bond acceptors (Lipinski definition) is 5. The zero-order valence-electron chi connectivity index (χ0n) is 15.1.